The van der Waals surface area contributed by atoms with Crippen LogP contribution in [0.1, 0.15) is 24.0 Å². The zero-order valence-electron chi connectivity index (χ0n) is 24.9. The third-order valence-corrected chi connectivity index (χ3v) is 8.83. The van der Waals surface area contributed by atoms with Gasteiger partial charge < -0.3 is 25.8 Å². The Labute approximate surface area is 272 Å². The fraction of sp³-hybridized carbons (Fsp3) is 0.333. The number of hydrazone groups is 1. The van der Waals surface area contributed by atoms with Crippen molar-refractivity contribution in [3.8, 4) is 28.3 Å². The second-order valence-electron chi connectivity index (χ2n) is 11.1. The molecule has 3 aromatic rings. The number of pyridine rings is 1. The number of nitrogens with zero attached hydrogens (tertiary/aromatic N) is 4. The van der Waals surface area contributed by atoms with Gasteiger partial charge in [0.1, 0.15) is 5.84 Å². The highest BCUT2D eigenvalue weighted by Crippen LogP contribution is 2.40. The first-order chi connectivity index (χ1) is 21.9. The maximum atomic E-state index is 11.5. The molecule has 1 amide bonds. The van der Waals surface area contributed by atoms with Crippen LogP contribution in [0.15, 0.2) is 70.8 Å². The summed E-state index contributed by atoms with van der Waals surface area (Å²) in [5.41, 5.74) is 5.45. The molecule has 2 aromatic carbocycles. The number of aliphatic imine (C=N–C) groups is 1. The van der Waals surface area contributed by atoms with Gasteiger partial charge in [0.15, 0.2) is 0 Å². The fourth-order valence-corrected chi connectivity index (χ4v) is 6.39. The standard InChI is InChI=1S/C33H35Cl2N7O3/c1-45-33-20(16-37-17-21-9-13-30(44)39-21)8-10-27(40-33)25-6-2-4-23(31(25)34)24-5-3-7-26(32(24)35)28-11-12-29-38-22(18-36-14-15-43)19-42(29)41-28/h2-8,10-12,21-22,36-37,43H,9,13-19H2,1H3,(H,39,44)/t21-,22?/m0/s1. The number of fused-ring (bicyclic) bond motifs is 1. The van der Waals surface area contributed by atoms with Crippen LogP contribution in [-0.2, 0) is 11.3 Å². The van der Waals surface area contributed by atoms with Crippen LogP contribution in [0.25, 0.3) is 22.4 Å². The Balaban J connectivity index is 1.21. The van der Waals surface area contributed by atoms with Crippen LogP contribution >= 0.6 is 23.2 Å². The van der Waals surface area contributed by atoms with Crippen LogP contribution in [0.3, 0.4) is 0 Å². The predicted octanol–water partition coefficient (Wildman–Crippen LogP) is 4.04. The topological polar surface area (TPSA) is 123 Å². The lowest BCUT2D eigenvalue weighted by Gasteiger charge is -2.20. The number of carbonyl (C=O) groups is 1. The average molecular weight is 649 g/mol. The number of allylic oxidation sites excluding steroid dienone is 1. The molecule has 10 nitrogen and oxygen atoms in total. The Kier molecular flexibility index (Phi) is 9.77. The molecule has 12 heteroatoms. The number of amides is 1. The highest BCUT2D eigenvalue weighted by molar-refractivity contribution is 6.40. The molecule has 45 heavy (non-hydrogen) atoms. The average Bonchev–Trinajstić information content (AvgIpc) is 3.66. The summed E-state index contributed by atoms with van der Waals surface area (Å²) in [4.78, 5) is 21.0. The minimum atomic E-state index is 0.0568. The summed E-state index contributed by atoms with van der Waals surface area (Å²) in [5.74, 6) is 1.42. The van der Waals surface area contributed by atoms with E-state index in [1.54, 1.807) is 7.11 Å². The monoisotopic (exact) mass is 647 g/mol. The summed E-state index contributed by atoms with van der Waals surface area (Å²) in [7, 11) is 1.60. The summed E-state index contributed by atoms with van der Waals surface area (Å²) in [6, 6.07) is 15.8. The zero-order chi connectivity index (χ0) is 31.3. The fourth-order valence-electron chi connectivity index (χ4n) is 5.74. The summed E-state index contributed by atoms with van der Waals surface area (Å²) in [5, 5.41) is 26.4. The van der Waals surface area contributed by atoms with Crippen molar-refractivity contribution in [2.75, 3.05) is 39.9 Å². The second kappa shape index (κ2) is 14.1. The van der Waals surface area contributed by atoms with Crippen molar-refractivity contribution in [1.82, 2.24) is 25.9 Å². The van der Waals surface area contributed by atoms with Gasteiger partial charge in [0.2, 0.25) is 11.8 Å². The first kappa shape index (κ1) is 31.2. The molecule has 1 unspecified atom stereocenters. The quantitative estimate of drug-likeness (QED) is 0.219. The van der Waals surface area contributed by atoms with Crippen LogP contribution in [0.4, 0.5) is 0 Å². The van der Waals surface area contributed by atoms with E-state index in [0.717, 1.165) is 45.8 Å². The second-order valence-corrected chi connectivity index (χ2v) is 11.9. The van der Waals surface area contributed by atoms with E-state index in [2.05, 4.69) is 16.0 Å². The SMILES string of the molecule is COc1nc(-c2cccc(-c3cccc(C4=NN5CC(CNCCO)N=C5C=C4)c3Cl)c2Cl)ccc1CNC[C@@H]1CCC(=O)N1. The largest absolute Gasteiger partial charge is 0.481 e. The van der Waals surface area contributed by atoms with Gasteiger partial charge in [0.25, 0.3) is 0 Å². The van der Waals surface area contributed by atoms with Gasteiger partial charge in [-0.15, -0.1) is 0 Å². The van der Waals surface area contributed by atoms with E-state index >= 15 is 0 Å². The third kappa shape index (κ3) is 6.90. The number of amidine groups is 1. The van der Waals surface area contributed by atoms with E-state index in [1.165, 1.54) is 0 Å². The maximum Gasteiger partial charge on any atom is 0.220 e. The first-order valence-corrected chi connectivity index (χ1v) is 15.8. The number of aliphatic hydroxyl groups is 1. The van der Waals surface area contributed by atoms with Gasteiger partial charge in [-0.25, -0.2) is 9.99 Å². The number of aromatic nitrogens is 1. The van der Waals surface area contributed by atoms with E-state index in [-0.39, 0.29) is 24.6 Å². The lowest BCUT2D eigenvalue weighted by molar-refractivity contribution is -0.119. The molecule has 2 atom stereocenters. The molecule has 1 aromatic heterocycles. The van der Waals surface area contributed by atoms with Gasteiger partial charge in [-0.3, -0.25) is 9.79 Å². The smallest absolute Gasteiger partial charge is 0.220 e. The third-order valence-electron chi connectivity index (χ3n) is 8.01. The molecule has 0 bridgehead atoms. The van der Waals surface area contributed by atoms with Crippen molar-refractivity contribution in [2.24, 2.45) is 10.1 Å². The Morgan fingerprint density at radius 1 is 1.00 bits per heavy atom. The van der Waals surface area contributed by atoms with Gasteiger partial charge >= 0.3 is 0 Å². The molecule has 0 spiro atoms. The number of aliphatic hydroxyl groups excluding tert-OH is 1. The van der Waals surface area contributed by atoms with Gasteiger partial charge in [0, 0.05) is 66.5 Å². The maximum absolute atomic E-state index is 11.5. The first-order valence-electron chi connectivity index (χ1n) is 15.0. The minimum absolute atomic E-state index is 0.0568. The predicted molar refractivity (Wildman–Crippen MR) is 178 cm³/mol. The van der Waals surface area contributed by atoms with E-state index in [9.17, 15) is 4.79 Å². The van der Waals surface area contributed by atoms with Crippen LogP contribution in [-0.4, -0.2) is 84.5 Å². The van der Waals surface area contributed by atoms with E-state index in [0.29, 0.717) is 60.8 Å². The van der Waals surface area contributed by atoms with Crippen molar-refractivity contribution >= 4 is 40.7 Å². The molecule has 0 aliphatic carbocycles. The summed E-state index contributed by atoms with van der Waals surface area (Å²) in [6.07, 6.45) is 5.30. The van der Waals surface area contributed by atoms with Crippen molar-refractivity contribution in [1.29, 1.82) is 0 Å². The zero-order valence-corrected chi connectivity index (χ0v) is 26.4. The van der Waals surface area contributed by atoms with E-state index in [4.69, 9.17) is 48.1 Å². The molecular weight excluding hydrogens is 613 g/mol. The molecule has 1 fully saturated rings. The Morgan fingerprint density at radius 3 is 2.49 bits per heavy atom. The lowest BCUT2D eigenvalue weighted by Crippen LogP contribution is -2.35. The number of carbonyl (C=O) groups excluding carboxylic acids is 1. The molecule has 1 saturated heterocycles. The van der Waals surface area contributed by atoms with Gasteiger partial charge in [-0.05, 0) is 24.6 Å². The Bertz CT molecular complexity index is 1680. The summed E-state index contributed by atoms with van der Waals surface area (Å²) in [6.45, 7) is 3.19. The molecule has 0 radical (unpaired) electrons. The molecule has 3 aliphatic heterocycles. The highest BCUT2D eigenvalue weighted by atomic mass is 35.5. The van der Waals surface area contributed by atoms with E-state index in [1.807, 2.05) is 65.7 Å². The van der Waals surface area contributed by atoms with Crippen LogP contribution in [0.2, 0.25) is 10.0 Å². The summed E-state index contributed by atoms with van der Waals surface area (Å²) < 4.78 is 5.63. The van der Waals surface area contributed by atoms with Gasteiger partial charge in [0.05, 0.1) is 47.8 Å². The molecule has 6 rings (SSSR count). The van der Waals surface area contributed by atoms with Crippen molar-refractivity contribution in [3.63, 3.8) is 0 Å². The number of hydrogen-bond acceptors (Lipinski definition) is 9. The van der Waals surface area contributed by atoms with Gasteiger partial charge in [-0.1, -0.05) is 65.7 Å². The summed E-state index contributed by atoms with van der Waals surface area (Å²) >= 11 is 14.1. The Morgan fingerprint density at radius 2 is 1.76 bits per heavy atom. The number of hydrogen-bond donors (Lipinski definition) is 4. The van der Waals surface area contributed by atoms with Crippen molar-refractivity contribution in [2.45, 2.75) is 31.5 Å². The number of nitrogens with one attached hydrogen (secondary N) is 3. The van der Waals surface area contributed by atoms with Crippen LogP contribution in [0, 0.1) is 0 Å². The minimum Gasteiger partial charge on any atom is -0.481 e. The van der Waals surface area contributed by atoms with Gasteiger partial charge in [-0.2, -0.15) is 5.10 Å². The molecule has 0 saturated carbocycles. The Hall–Kier alpha value is -3.80. The molecule has 4 heterocycles. The van der Waals surface area contributed by atoms with Crippen LogP contribution < -0.4 is 20.7 Å². The van der Waals surface area contributed by atoms with Crippen molar-refractivity contribution < 1.29 is 14.6 Å². The molecule has 234 valence electrons. The number of halogens is 2. The molecule has 4 N–H and O–H groups in total. The number of methoxy groups -OCH3 is 1. The van der Waals surface area contributed by atoms with E-state index < -0.39 is 0 Å². The number of benzene rings is 2. The normalized spacial score (nSPS) is 18.9. The lowest BCUT2D eigenvalue weighted by atomic mass is 9.97. The highest BCUT2D eigenvalue weighted by Gasteiger charge is 2.27. The number of ether oxygens (including phenoxy) is 1. The molecular formula is C33H35Cl2N7O3. The number of rotatable bonds is 12. The van der Waals surface area contributed by atoms with Crippen molar-refractivity contribution in [3.05, 3.63) is 81.9 Å². The van der Waals surface area contributed by atoms with Crippen LogP contribution in [0.5, 0.6) is 5.88 Å². The molecule has 3 aliphatic rings.